The van der Waals surface area contributed by atoms with E-state index in [1.807, 2.05) is 0 Å². The maximum atomic E-state index is 10.7. The van der Waals surface area contributed by atoms with E-state index in [0.29, 0.717) is 0 Å². The summed E-state index contributed by atoms with van der Waals surface area (Å²) in [5.41, 5.74) is -5.53. The number of nitrogens with zero attached hydrogens (tertiary/aromatic N) is 1. The van der Waals surface area contributed by atoms with Crippen LogP contribution in [0.25, 0.3) is 0 Å². The molecule has 12 heavy (non-hydrogen) atoms. The van der Waals surface area contributed by atoms with Crippen molar-refractivity contribution in [1.82, 2.24) is 0 Å². The van der Waals surface area contributed by atoms with Crippen LogP contribution in [0, 0.1) is 11.3 Å². The van der Waals surface area contributed by atoms with Gasteiger partial charge in [-0.1, -0.05) is 0 Å². The van der Waals surface area contributed by atoms with Crippen molar-refractivity contribution < 1.29 is 46.6 Å². The van der Waals surface area contributed by atoms with Crippen LogP contribution >= 0.6 is 0 Å². The van der Waals surface area contributed by atoms with Crippen LogP contribution in [-0.2, 0) is 30.5 Å². The summed E-state index contributed by atoms with van der Waals surface area (Å²) in [5, 5.41) is 7.32. The first-order chi connectivity index (χ1) is 4.66. The molecule has 0 aliphatic carbocycles. The minimum Gasteiger partial charge on any atom is -0.279 e. The Hall–Kier alpha value is -0.148. The average molecular weight is 298 g/mol. The molecule has 0 atom stereocenters. The Labute approximate surface area is 80.8 Å². The van der Waals surface area contributed by atoms with Crippen LogP contribution in [0.3, 0.4) is 0 Å². The van der Waals surface area contributed by atoms with Gasteiger partial charge < -0.3 is 0 Å². The van der Waals surface area contributed by atoms with Crippen molar-refractivity contribution in [3.63, 3.8) is 0 Å². The van der Waals surface area contributed by atoms with E-state index >= 15 is 0 Å². The van der Waals surface area contributed by atoms with E-state index in [4.69, 9.17) is 18.2 Å². The number of hydrogen-bond acceptors (Lipinski definition) is 3. The van der Waals surface area contributed by atoms with Gasteiger partial charge >= 0.3 is 15.6 Å². The fraction of sp³-hybridized carbons (Fsp3) is 0.667. The van der Waals surface area contributed by atoms with Gasteiger partial charge in [0.25, 0.3) is 0 Å². The van der Waals surface area contributed by atoms with Gasteiger partial charge in [-0.25, -0.2) is 0 Å². The topological polar surface area (TPSA) is 78.2 Å². The molecule has 0 fully saturated rings. The van der Waals surface area contributed by atoms with Crippen LogP contribution in [0.2, 0.25) is 0 Å². The Morgan fingerprint density at radius 3 is 1.50 bits per heavy atom. The Bertz CT molecular complexity index is 240. The fourth-order valence-electron chi connectivity index (χ4n) is 0. The van der Waals surface area contributed by atoms with E-state index in [0.717, 1.165) is 0 Å². The zero-order valence-corrected chi connectivity index (χ0v) is 7.94. The van der Waals surface area contributed by atoms with Crippen molar-refractivity contribution >= 4 is 10.1 Å². The molecule has 9 heteroatoms. The Kier molecular flexibility index (Phi) is 9.47. The molecule has 0 spiro atoms. The normalized spacial score (nSPS) is 10.0. The molecule has 76 valence electrons. The van der Waals surface area contributed by atoms with E-state index in [-0.39, 0.29) is 20.4 Å². The maximum absolute atomic E-state index is 10.7. The summed E-state index contributed by atoms with van der Waals surface area (Å²) < 4.78 is 57.5. The summed E-state index contributed by atoms with van der Waals surface area (Å²) in [6, 6.07) is 1.75. The maximum Gasteiger partial charge on any atom is 0.522 e. The van der Waals surface area contributed by atoms with Crippen molar-refractivity contribution in [3.05, 3.63) is 0 Å². The summed E-state index contributed by atoms with van der Waals surface area (Å²) in [6.07, 6.45) is 0. The molecule has 0 aromatic carbocycles. The predicted molar refractivity (Wildman–Crippen MR) is 28.9 cm³/mol. The van der Waals surface area contributed by atoms with Crippen LogP contribution < -0.4 is 0 Å². The second kappa shape index (κ2) is 6.38. The molecule has 0 amide bonds. The van der Waals surface area contributed by atoms with Crippen LogP contribution in [0.1, 0.15) is 6.92 Å². The molecule has 0 radical (unpaired) electrons. The van der Waals surface area contributed by atoms with Crippen LogP contribution in [0.15, 0.2) is 0 Å². The molecule has 0 unspecified atom stereocenters. The van der Waals surface area contributed by atoms with Crippen molar-refractivity contribution in [2.24, 2.45) is 0 Å². The minimum absolute atomic E-state index is 0. The van der Waals surface area contributed by atoms with Gasteiger partial charge in [0.2, 0.25) is 0 Å². The average Bonchev–Trinajstić information content (AvgIpc) is 1.60. The van der Waals surface area contributed by atoms with E-state index < -0.39 is 15.6 Å². The van der Waals surface area contributed by atoms with Crippen LogP contribution in [-0.4, -0.2) is 18.5 Å². The molecular weight excluding hydrogens is 294 g/mol. The fourth-order valence-corrected chi connectivity index (χ4v) is 0. The van der Waals surface area contributed by atoms with E-state index in [2.05, 4.69) is 0 Å². The number of halogens is 3. The third kappa shape index (κ3) is 9.85. The molecule has 0 aliphatic rings. The summed E-state index contributed by atoms with van der Waals surface area (Å²) in [6.45, 7) is 1.43. The van der Waals surface area contributed by atoms with Crippen LogP contribution in [0.4, 0.5) is 13.2 Å². The van der Waals surface area contributed by atoms with Gasteiger partial charge in [-0.3, -0.25) is 4.55 Å². The standard InChI is InChI=1S/C2H3N.CHF3O3S.Pd/c1-2-3;2-1(3,4)8(5,6)7;/h1H3;(H,5,6,7);. The second-order valence-corrected chi connectivity index (χ2v) is 2.56. The van der Waals surface area contributed by atoms with E-state index in [1.165, 1.54) is 6.92 Å². The first kappa shape index (κ1) is 17.8. The van der Waals surface area contributed by atoms with Gasteiger partial charge in [0.15, 0.2) is 0 Å². The SMILES string of the molecule is CC#N.O=S(=O)(O)C(F)(F)F.[Pd]. The van der Waals surface area contributed by atoms with Gasteiger partial charge in [0.05, 0.1) is 6.07 Å². The number of hydrogen-bond donors (Lipinski definition) is 1. The molecule has 0 saturated carbocycles. The molecular formula is C3H4F3NO3PdS. The molecule has 1 N–H and O–H groups in total. The van der Waals surface area contributed by atoms with Crippen molar-refractivity contribution in [2.75, 3.05) is 0 Å². The summed E-state index contributed by atoms with van der Waals surface area (Å²) in [4.78, 5) is 0. The van der Waals surface area contributed by atoms with E-state index in [1.54, 1.807) is 6.07 Å². The summed E-state index contributed by atoms with van der Waals surface area (Å²) in [7, 11) is -5.84. The zero-order valence-electron chi connectivity index (χ0n) is 5.57. The molecule has 0 rings (SSSR count). The number of nitriles is 1. The van der Waals surface area contributed by atoms with E-state index in [9.17, 15) is 13.2 Å². The van der Waals surface area contributed by atoms with Gasteiger partial charge in [0, 0.05) is 27.3 Å². The van der Waals surface area contributed by atoms with Crippen molar-refractivity contribution in [2.45, 2.75) is 12.4 Å². The Morgan fingerprint density at radius 2 is 1.50 bits per heavy atom. The third-order valence-corrected chi connectivity index (χ3v) is 0.877. The van der Waals surface area contributed by atoms with Crippen molar-refractivity contribution in [3.8, 4) is 6.07 Å². The van der Waals surface area contributed by atoms with Gasteiger partial charge in [-0.05, 0) is 0 Å². The molecule has 4 nitrogen and oxygen atoms in total. The predicted octanol–water partition coefficient (Wildman–Crippen LogP) is 0.921. The number of rotatable bonds is 0. The minimum atomic E-state index is -5.84. The third-order valence-electron chi connectivity index (χ3n) is 0.292. The molecule has 0 aliphatic heterocycles. The van der Waals surface area contributed by atoms with Crippen LogP contribution in [0.5, 0.6) is 0 Å². The summed E-state index contributed by atoms with van der Waals surface area (Å²) >= 11 is 0. The smallest absolute Gasteiger partial charge is 0.279 e. The molecule has 0 aromatic rings. The number of alkyl halides is 3. The first-order valence-electron chi connectivity index (χ1n) is 2.01. The second-order valence-electron chi connectivity index (χ2n) is 1.14. The first-order valence-corrected chi connectivity index (χ1v) is 3.45. The van der Waals surface area contributed by atoms with Gasteiger partial charge in [0.1, 0.15) is 0 Å². The molecule has 0 aromatic heterocycles. The van der Waals surface area contributed by atoms with Gasteiger partial charge in [-0.2, -0.15) is 26.9 Å². The molecule has 0 heterocycles. The largest absolute Gasteiger partial charge is 0.522 e. The molecule has 0 saturated heterocycles. The van der Waals surface area contributed by atoms with Crippen molar-refractivity contribution in [1.29, 1.82) is 5.26 Å². The zero-order chi connectivity index (χ0) is 9.71. The molecule has 0 bridgehead atoms. The van der Waals surface area contributed by atoms with Gasteiger partial charge in [-0.15, -0.1) is 0 Å². The Balaban J connectivity index is -0.000000177. The quantitative estimate of drug-likeness (QED) is 0.410. The summed E-state index contributed by atoms with van der Waals surface area (Å²) in [5.74, 6) is 0. The Morgan fingerprint density at radius 1 is 1.42 bits per heavy atom. The monoisotopic (exact) mass is 297 g/mol.